The summed E-state index contributed by atoms with van der Waals surface area (Å²) in [7, 11) is 1.22. The maximum Gasteiger partial charge on any atom is 0.326 e. The highest BCUT2D eigenvalue weighted by Crippen LogP contribution is 2.44. The first kappa shape index (κ1) is 19.3. The molecule has 140 valence electrons. The van der Waals surface area contributed by atoms with Gasteiger partial charge in [0.2, 0.25) is 0 Å². The zero-order valence-corrected chi connectivity index (χ0v) is 16.8. The predicted octanol–water partition coefficient (Wildman–Crippen LogP) is 4.07. The number of benzene rings is 2. The SMILES string of the molecule is COC(=O)C1C(=O)Oc2ccc(Br)cc2C1C(C)C(=O)c1ccc(C)cc1. The maximum absolute atomic E-state index is 13.1. The van der Waals surface area contributed by atoms with Gasteiger partial charge in [-0.15, -0.1) is 0 Å². The van der Waals surface area contributed by atoms with Crippen molar-refractivity contribution in [3.63, 3.8) is 0 Å². The van der Waals surface area contributed by atoms with E-state index < -0.39 is 29.7 Å². The van der Waals surface area contributed by atoms with Crippen LogP contribution < -0.4 is 4.74 Å². The Balaban J connectivity index is 2.08. The van der Waals surface area contributed by atoms with Gasteiger partial charge >= 0.3 is 11.9 Å². The van der Waals surface area contributed by atoms with Crippen molar-refractivity contribution < 1.29 is 23.9 Å². The lowest BCUT2D eigenvalue weighted by Gasteiger charge is -2.33. The Kier molecular flexibility index (Phi) is 5.46. The van der Waals surface area contributed by atoms with E-state index in [4.69, 9.17) is 9.47 Å². The minimum atomic E-state index is -1.19. The summed E-state index contributed by atoms with van der Waals surface area (Å²) in [6, 6.07) is 12.4. The first-order valence-electron chi connectivity index (χ1n) is 8.53. The molecule has 3 rings (SSSR count). The van der Waals surface area contributed by atoms with E-state index in [0.29, 0.717) is 16.9 Å². The van der Waals surface area contributed by atoms with Crippen molar-refractivity contribution in [1.82, 2.24) is 0 Å². The molecule has 0 aromatic heterocycles. The van der Waals surface area contributed by atoms with Crippen LogP contribution in [0.25, 0.3) is 0 Å². The molecule has 5 nitrogen and oxygen atoms in total. The second-order valence-electron chi connectivity index (χ2n) is 6.65. The van der Waals surface area contributed by atoms with E-state index in [1.807, 2.05) is 19.1 Å². The minimum absolute atomic E-state index is 0.144. The third kappa shape index (κ3) is 3.67. The van der Waals surface area contributed by atoms with Crippen LogP contribution in [0.1, 0.15) is 34.3 Å². The summed E-state index contributed by atoms with van der Waals surface area (Å²) in [5.74, 6) is -3.70. The number of hydrogen-bond donors (Lipinski definition) is 0. The number of esters is 2. The molecule has 3 unspecified atom stereocenters. The van der Waals surface area contributed by atoms with E-state index in [1.165, 1.54) is 7.11 Å². The highest BCUT2D eigenvalue weighted by molar-refractivity contribution is 9.10. The van der Waals surface area contributed by atoms with Crippen LogP contribution >= 0.6 is 15.9 Å². The van der Waals surface area contributed by atoms with Crippen LogP contribution in [0.3, 0.4) is 0 Å². The van der Waals surface area contributed by atoms with Gasteiger partial charge in [0.25, 0.3) is 0 Å². The minimum Gasteiger partial charge on any atom is -0.468 e. The number of fused-ring (bicyclic) bond motifs is 1. The van der Waals surface area contributed by atoms with Crippen LogP contribution in [0.15, 0.2) is 46.9 Å². The van der Waals surface area contributed by atoms with E-state index >= 15 is 0 Å². The number of hydrogen-bond acceptors (Lipinski definition) is 5. The van der Waals surface area contributed by atoms with Crippen molar-refractivity contribution in [1.29, 1.82) is 0 Å². The molecule has 3 atom stereocenters. The molecule has 0 radical (unpaired) electrons. The molecule has 27 heavy (non-hydrogen) atoms. The monoisotopic (exact) mass is 430 g/mol. The number of methoxy groups -OCH3 is 1. The third-order valence-electron chi connectivity index (χ3n) is 4.90. The molecule has 0 amide bonds. The fraction of sp³-hybridized carbons (Fsp3) is 0.286. The van der Waals surface area contributed by atoms with Gasteiger partial charge in [-0.3, -0.25) is 14.4 Å². The Morgan fingerprint density at radius 1 is 1.15 bits per heavy atom. The van der Waals surface area contributed by atoms with Gasteiger partial charge in [-0.05, 0) is 25.1 Å². The summed E-state index contributed by atoms with van der Waals surface area (Å²) in [6.07, 6.45) is 0. The van der Waals surface area contributed by atoms with E-state index in [-0.39, 0.29) is 5.78 Å². The van der Waals surface area contributed by atoms with Crippen LogP contribution in [0.4, 0.5) is 0 Å². The van der Waals surface area contributed by atoms with E-state index in [2.05, 4.69) is 15.9 Å². The molecule has 0 fully saturated rings. The van der Waals surface area contributed by atoms with E-state index in [9.17, 15) is 14.4 Å². The summed E-state index contributed by atoms with van der Waals surface area (Å²) < 4.78 is 10.9. The van der Waals surface area contributed by atoms with Crippen molar-refractivity contribution in [3.8, 4) is 5.75 Å². The van der Waals surface area contributed by atoms with Gasteiger partial charge in [-0.1, -0.05) is 52.7 Å². The van der Waals surface area contributed by atoms with Crippen molar-refractivity contribution in [2.45, 2.75) is 19.8 Å². The van der Waals surface area contributed by atoms with Gasteiger partial charge in [0.1, 0.15) is 5.75 Å². The lowest BCUT2D eigenvalue weighted by atomic mass is 9.73. The van der Waals surface area contributed by atoms with Gasteiger partial charge in [-0.2, -0.15) is 0 Å². The molecule has 0 saturated heterocycles. The largest absolute Gasteiger partial charge is 0.468 e. The Labute approximate surface area is 165 Å². The zero-order chi connectivity index (χ0) is 19.7. The number of Topliss-reactive ketones (excluding diaryl/α,β-unsaturated/α-hetero) is 1. The number of rotatable bonds is 4. The molecule has 0 N–H and O–H groups in total. The van der Waals surface area contributed by atoms with Gasteiger partial charge in [-0.25, -0.2) is 0 Å². The molecule has 0 bridgehead atoms. The molecule has 1 heterocycles. The topological polar surface area (TPSA) is 69.7 Å². The molecule has 1 aliphatic rings. The summed E-state index contributed by atoms with van der Waals surface area (Å²) in [4.78, 5) is 38.0. The standard InChI is InChI=1S/C21H19BrO5/c1-11-4-6-13(7-5-11)19(23)12(2)17-15-10-14(22)8-9-16(15)27-21(25)18(17)20(24)26-3/h4-10,12,17-18H,1-3H3. The summed E-state index contributed by atoms with van der Waals surface area (Å²) in [6.45, 7) is 3.67. The van der Waals surface area contributed by atoms with Gasteiger partial charge in [0, 0.05) is 27.4 Å². The summed E-state index contributed by atoms with van der Waals surface area (Å²) in [5.41, 5.74) is 2.21. The number of ketones is 1. The van der Waals surface area contributed by atoms with Crippen LogP contribution in [0.2, 0.25) is 0 Å². The highest BCUT2D eigenvalue weighted by atomic mass is 79.9. The van der Waals surface area contributed by atoms with Crippen LogP contribution in [-0.2, 0) is 14.3 Å². The lowest BCUT2D eigenvalue weighted by molar-refractivity contribution is -0.158. The van der Waals surface area contributed by atoms with Crippen molar-refractivity contribution in [2.75, 3.05) is 7.11 Å². The van der Waals surface area contributed by atoms with E-state index in [0.717, 1.165) is 10.0 Å². The van der Waals surface area contributed by atoms with Gasteiger partial charge < -0.3 is 9.47 Å². The Morgan fingerprint density at radius 2 is 1.81 bits per heavy atom. The first-order chi connectivity index (χ1) is 12.8. The van der Waals surface area contributed by atoms with Crippen LogP contribution in [0, 0.1) is 18.8 Å². The number of halogens is 1. The fourth-order valence-corrected chi connectivity index (χ4v) is 3.82. The Morgan fingerprint density at radius 3 is 2.44 bits per heavy atom. The average Bonchev–Trinajstić information content (AvgIpc) is 2.66. The normalized spacial score (nSPS) is 19.6. The van der Waals surface area contributed by atoms with Crippen LogP contribution in [-0.4, -0.2) is 24.8 Å². The molecule has 0 saturated carbocycles. The summed E-state index contributed by atoms with van der Waals surface area (Å²) in [5, 5.41) is 0. The number of carbonyl (C=O) groups excluding carboxylic acids is 3. The molecular weight excluding hydrogens is 412 g/mol. The van der Waals surface area contributed by atoms with Gasteiger partial charge in [0.05, 0.1) is 7.11 Å². The molecule has 2 aromatic carbocycles. The summed E-state index contributed by atoms with van der Waals surface area (Å²) >= 11 is 3.40. The van der Waals surface area contributed by atoms with Crippen molar-refractivity contribution >= 4 is 33.7 Å². The second-order valence-corrected chi connectivity index (χ2v) is 7.56. The van der Waals surface area contributed by atoms with E-state index in [1.54, 1.807) is 37.3 Å². The second kappa shape index (κ2) is 7.64. The van der Waals surface area contributed by atoms with Crippen molar-refractivity contribution in [2.24, 2.45) is 11.8 Å². The highest BCUT2D eigenvalue weighted by Gasteiger charge is 2.47. The van der Waals surface area contributed by atoms with Crippen LogP contribution in [0.5, 0.6) is 5.75 Å². The van der Waals surface area contributed by atoms with Gasteiger partial charge in [0.15, 0.2) is 11.7 Å². The average molecular weight is 431 g/mol. The number of aryl methyl sites for hydroxylation is 1. The third-order valence-corrected chi connectivity index (χ3v) is 5.39. The fourth-order valence-electron chi connectivity index (χ4n) is 3.44. The Bertz CT molecular complexity index is 903. The maximum atomic E-state index is 13.1. The van der Waals surface area contributed by atoms with Crippen molar-refractivity contribution in [3.05, 3.63) is 63.6 Å². The predicted molar refractivity (Wildman–Crippen MR) is 103 cm³/mol. The molecule has 0 spiro atoms. The quantitative estimate of drug-likeness (QED) is 0.316. The molecule has 1 aliphatic heterocycles. The molecule has 2 aromatic rings. The zero-order valence-electron chi connectivity index (χ0n) is 15.2. The number of ether oxygens (including phenoxy) is 2. The molecule has 6 heteroatoms. The smallest absolute Gasteiger partial charge is 0.326 e. The lowest BCUT2D eigenvalue weighted by Crippen LogP contribution is -2.42. The Hall–Kier alpha value is -2.47. The number of carbonyl (C=O) groups is 3. The first-order valence-corrected chi connectivity index (χ1v) is 9.32. The molecule has 0 aliphatic carbocycles. The molecular formula is C21H19BrO5.